The maximum atomic E-state index is 11.2. The van der Waals surface area contributed by atoms with Crippen LogP contribution in [0.4, 0.5) is 0 Å². The first kappa shape index (κ1) is 15.1. The van der Waals surface area contributed by atoms with Gasteiger partial charge in [-0.25, -0.2) is 0 Å². The molecule has 0 aromatic rings. The predicted molar refractivity (Wildman–Crippen MR) is 60.7 cm³/mol. The molecule has 94 valence electrons. The molecule has 0 aliphatic carbocycles. The van der Waals surface area contributed by atoms with Gasteiger partial charge in [-0.15, -0.1) is 0 Å². The first-order valence-electron chi connectivity index (χ1n) is 5.55. The number of carbonyl (C=O) groups excluding carboxylic acids is 1. The van der Waals surface area contributed by atoms with E-state index in [0.29, 0.717) is 39.1 Å². The molecule has 5 nitrogen and oxygen atoms in total. The van der Waals surface area contributed by atoms with Crippen LogP contribution in [-0.2, 0) is 19.0 Å². The zero-order valence-electron chi connectivity index (χ0n) is 10.1. The first-order chi connectivity index (χ1) is 7.70. The Kier molecular flexibility index (Phi) is 9.95. The minimum Gasteiger partial charge on any atom is -0.412 e. The van der Waals surface area contributed by atoms with Crippen molar-refractivity contribution < 1.29 is 19.0 Å². The van der Waals surface area contributed by atoms with Crippen LogP contribution in [0.25, 0.3) is 0 Å². The monoisotopic (exact) mass is 231 g/mol. The summed E-state index contributed by atoms with van der Waals surface area (Å²) in [4.78, 5) is 11.2. The van der Waals surface area contributed by atoms with Gasteiger partial charge in [-0.2, -0.15) is 0 Å². The Bertz CT molecular complexity index is 206. The first-order valence-corrected chi connectivity index (χ1v) is 5.55. The lowest BCUT2D eigenvalue weighted by atomic mass is 10.3. The van der Waals surface area contributed by atoms with Crippen LogP contribution in [0.3, 0.4) is 0 Å². The van der Waals surface area contributed by atoms with Gasteiger partial charge in [-0.1, -0.05) is 6.92 Å². The minimum atomic E-state index is -0.353. The van der Waals surface area contributed by atoms with Crippen LogP contribution >= 0.6 is 0 Å². The molecule has 0 unspecified atom stereocenters. The molecule has 0 saturated carbocycles. The maximum Gasteiger partial charge on any atom is 0.312 e. The summed E-state index contributed by atoms with van der Waals surface area (Å²) in [6.45, 7) is 3.55. The highest BCUT2D eigenvalue weighted by Crippen LogP contribution is 1.98. The van der Waals surface area contributed by atoms with E-state index in [-0.39, 0.29) is 11.9 Å². The molecule has 0 fully saturated rings. The van der Waals surface area contributed by atoms with Gasteiger partial charge in [0, 0.05) is 26.6 Å². The van der Waals surface area contributed by atoms with Gasteiger partial charge in [0.25, 0.3) is 0 Å². The van der Waals surface area contributed by atoms with Crippen molar-refractivity contribution in [3.05, 3.63) is 0 Å². The van der Waals surface area contributed by atoms with Gasteiger partial charge in [0.2, 0.25) is 0 Å². The zero-order valence-corrected chi connectivity index (χ0v) is 10.1. The molecule has 0 aromatic carbocycles. The molecule has 0 atom stereocenters. The summed E-state index contributed by atoms with van der Waals surface area (Å²) >= 11 is 0. The molecular formula is C11H21NO4. The summed E-state index contributed by atoms with van der Waals surface area (Å²) in [5, 5.41) is 7.30. The number of carbonyl (C=O) groups is 1. The molecule has 0 amide bonds. The third-order valence-corrected chi connectivity index (χ3v) is 1.82. The summed E-state index contributed by atoms with van der Waals surface area (Å²) in [5.74, 6) is -0.304. The largest absolute Gasteiger partial charge is 0.412 e. The standard InChI is InChI=1S/C11H21NO4/c1-3-5-10(12)16-11(13)6-4-7-15-9-8-14-2/h12H,3-9H2,1-2H3. The lowest BCUT2D eigenvalue weighted by Crippen LogP contribution is -2.12. The number of hydrogen-bond donors (Lipinski definition) is 1. The van der Waals surface area contributed by atoms with Crippen LogP contribution < -0.4 is 0 Å². The van der Waals surface area contributed by atoms with E-state index in [1.54, 1.807) is 7.11 Å². The van der Waals surface area contributed by atoms with Crippen molar-refractivity contribution in [3.63, 3.8) is 0 Å². The molecule has 16 heavy (non-hydrogen) atoms. The average Bonchev–Trinajstić information content (AvgIpc) is 2.23. The predicted octanol–water partition coefficient (Wildman–Crippen LogP) is 1.75. The lowest BCUT2D eigenvalue weighted by Gasteiger charge is -2.05. The van der Waals surface area contributed by atoms with Crippen molar-refractivity contribution in [1.82, 2.24) is 0 Å². The Morgan fingerprint density at radius 1 is 1.19 bits per heavy atom. The van der Waals surface area contributed by atoms with Crippen LogP contribution in [-0.4, -0.2) is 38.8 Å². The van der Waals surface area contributed by atoms with Gasteiger partial charge >= 0.3 is 5.97 Å². The van der Waals surface area contributed by atoms with Crippen LogP contribution in [0.1, 0.15) is 32.6 Å². The molecule has 0 saturated heterocycles. The fourth-order valence-electron chi connectivity index (χ4n) is 1.03. The van der Waals surface area contributed by atoms with Crippen molar-refractivity contribution in [2.24, 2.45) is 0 Å². The van der Waals surface area contributed by atoms with Gasteiger partial charge in [-0.3, -0.25) is 10.2 Å². The van der Waals surface area contributed by atoms with Crippen LogP contribution in [0, 0.1) is 5.41 Å². The third-order valence-electron chi connectivity index (χ3n) is 1.82. The molecule has 0 aliphatic rings. The summed E-state index contributed by atoms with van der Waals surface area (Å²) in [6, 6.07) is 0. The topological polar surface area (TPSA) is 68.6 Å². The molecule has 5 heteroatoms. The molecule has 0 bridgehead atoms. The quantitative estimate of drug-likeness (QED) is 0.284. The summed E-state index contributed by atoms with van der Waals surface area (Å²) in [5.41, 5.74) is 0. The summed E-state index contributed by atoms with van der Waals surface area (Å²) in [7, 11) is 1.61. The smallest absolute Gasteiger partial charge is 0.312 e. The Morgan fingerprint density at radius 2 is 1.94 bits per heavy atom. The van der Waals surface area contributed by atoms with E-state index >= 15 is 0 Å². The van der Waals surface area contributed by atoms with E-state index in [0.717, 1.165) is 6.42 Å². The molecule has 0 heterocycles. The van der Waals surface area contributed by atoms with Crippen molar-refractivity contribution in [2.45, 2.75) is 32.6 Å². The van der Waals surface area contributed by atoms with Gasteiger partial charge in [-0.05, 0) is 12.8 Å². The van der Waals surface area contributed by atoms with Crippen molar-refractivity contribution in [2.75, 3.05) is 26.9 Å². The fraction of sp³-hybridized carbons (Fsp3) is 0.818. The molecule has 1 N–H and O–H groups in total. The van der Waals surface area contributed by atoms with Crippen molar-refractivity contribution in [1.29, 1.82) is 5.41 Å². The highest BCUT2D eigenvalue weighted by Gasteiger charge is 2.05. The van der Waals surface area contributed by atoms with Crippen LogP contribution in [0.2, 0.25) is 0 Å². The van der Waals surface area contributed by atoms with Crippen LogP contribution in [0.5, 0.6) is 0 Å². The molecule has 0 rings (SSSR count). The Labute approximate surface area is 96.6 Å². The zero-order chi connectivity index (χ0) is 12.2. The van der Waals surface area contributed by atoms with Gasteiger partial charge in [0.05, 0.1) is 13.2 Å². The second kappa shape index (κ2) is 10.6. The van der Waals surface area contributed by atoms with Gasteiger partial charge in [0.1, 0.15) is 0 Å². The normalized spacial score (nSPS) is 10.1. The van der Waals surface area contributed by atoms with E-state index in [4.69, 9.17) is 19.6 Å². The number of esters is 1. The SMILES string of the molecule is CCCC(=N)OC(=O)CCCOCCOC. The Morgan fingerprint density at radius 3 is 2.56 bits per heavy atom. The number of ether oxygens (including phenoxy) is 3. The van der Waals surface area contributed by atoms with E-state index in [2.05, 4.69) is 0 Å². The Balaban J connectivity index is 3.33. The van der Waals surface area contributed by atoms with E-state index in [1.165, 1.54) is 0 Å². The number of rotatable bonds is 9. The van der Waals surface area contributed by atoms with Gasteiger partial charge in [0.15, 0.2) is 5.90 Å². The second-order valence-electron chi connectivity index (χ2n) is 3.36. The number of hydrogen-bond acceptors (Lipinski definition) is 5. The lowest BCUT2D eigenvalue weighted by molar-refractivity contribution is -0.136. The number of nitrogens with one attached hydrogen (secondary N) is 1. The highest BCUT2D eigenvalue weighted by atomic mass is 16.5. The second-order valence-corrected chi connectivity index (χ2v) is 3.36. The summed E-state index contributed by atoms with van der Waals surface area (Å²) in [6.07, 6.45) is 2.23. The van der Waals surface area contributed by atoms with Crippen molar-refractivity contribution in [3.8, 4) is 0 Å². The fourth-order valence-corrected chi connectivity index (χ4v) is 1.03. The molecule has 0 aliphatic heterocycles. The average molecular weight is 231 g/mol. The third kappa shape index (κ3) is 9.61. The maximum absolute atomic E-state index is 11.2. The van der Waals surface area contributed by atoms with E-state index in [9.17, 15) is 4.79 Å². The Hall–Kier alpha value is -0.940. The van der Waals surface area contributed by atoms with Crippen molar-refractivity contribution >= 4 is 11.9 Å². The minimum absolute atomic E-state index is 0.0489. The van der Waals surface area contributed by atoms with E-state index < -0.39 is 0 Å². The van der Waals surface area contributed by atoms with Crippen LogP contribution in [0.15, 0.2) is 0 Å². The molecule has 0 aromatic heterocycles. The molecule has 0 radical (unpaired) electrons. The molecular weight excluding hydrogens is 210 g/mol. The molecule has 0 spiro atoms. The summed E-state index contributed by atoms with van der Waals surface area (Å²) < 4.78 is 14.8. The van der Waals surface area contributed by atoms with Gasteiger partial charge < -0.3 is 14.2 Å². The van der Waals surface area contributed by atoms with E-state index in [1.807, 2.05) is 6.92 Å². The number of methoxy groups -OCH3 is 1. The highest BCUT2D eigenvalue weighted by molar-refractivity contribution is 5.86.